The molecule has 0 radical (unpaired) electrons. The van der Waals surface area contributed by atoms with E-state index >= 15 is 0 Å². The molecule has 0 atom stereocenters. The second kappa shape index (κ2) is 10.8. The molecule has 8 heteroatoms. The third kappa shape index (κ3) is 6.47. The van der Waals surface area contributed by atoms with Crippen molar-refractivity contribution in [1.82, 2.24) is 9.55 Å². The maximum Gasteiger partial charge on any atom is 0.330 e. The quantitative estimate of drug-likeness (QED) is 0.602. The number of unbranched alkanes of at least 4 members (excludes halogenated alkanes) is 1. The molecule has 0 unspecified atom stereocenters. The van der Waals surface area contributed by atoms with Crippen LogP contribution < -0.4 is 26.6 Å². The molecule has 0 saturated carbocycles. The van der Waals surface area contributed by atoms with Crippen molar-refractivity contribution < 1.29 is 9.53 Å². The highest BCUT2D eigenvalue weighted by molar-refractivity contribution is 5.95. The number of ether oxygens (including phenoxy) is 1. The van der Waals surface area contributed by atoms with Gasteiger partial charge in [-0.3, -0.25) is 19.1 Å². The molecule has 1 amide bonds. The lowest BCUT2D eigenvalue weighted by Gasteiger charge is -2.26. The molecule has 8 nitrogen and oxygen atoms in total. The van der Waals surface area contributed by atoms with E-state index in [1.165, 1.54) is 9.47 Å². The topological polar surface area (TPSA) is 110 Å². The number of benzene rings is 1. The van der Waals surface area contributed by atoms with E-state index in [4.69, 9.17) is 10.5 Å². The van der Waals surface area contributed by atoms with Crippen molar-refractivity contribution >= 4 is 17.4 Å². The smallest absolute Gasteiger partial charge is 0.330 e. The van der Waals surface area contributed by atoms with Crippen LogP contribution in [0.3, 0.4) is 0 Å². The number of carbonyl (C=O) groups is 1. The number of hydrogen-bond acceptors (Lipinski definition) is 5. The Kier molecular flexibility index (Phi) is 8.47. The van der Waals surface area contributed by atoms with Crippen molar-refractivity contribution in [2.75, 3.05) is 23.8 Å². The van der Waals surface area contributed by atoms with Gasteiger partial charge < -0.3 is 15.4 Å². The highest BCUT2D eigenvalue weighted by Gasteiger charge is 2.24. The molecule has 0 spiro atoms. The van der Waals surface area contributed by atoms with Gasteiger partial charge in [0.1, 0.15) is 11.6 Å². The predicted molar refractivity (Wildman–Crippen MR) is 124 cm³/mol. The Balaban J connectivity index is 2.27. The first-order chi connectivity index (χ1) is 14.6. The zero-order valence-electron chi connectivity index (χ0n) is 19.2. The van der Waals surface area contributed by atoms with Crippen LogP contribution in [0.2, 0.25) is 0 Å². The molecule has 0 fully saturated rings. The van der Waals surface area contributed by atoms with Crippen LogP contribution in [0.4, 0.5) is 11.5 Å². The van der Waals surface area contributed by atoms with Gasteiger partial charge in [-0.05, 0) is 49.4 Å². The lowest BCUT2D eigenvalue weighted by atomic mass is 10.1. The van der Waals surface area contributed by atoms with E-state index in [-0.39, 0.29) is 36.4 Å². The summed E-state index contributed by atoms with van der Waals surface area (Å²) in [5, 5.41) is 0. The van der Waals surface area contributed by atoms with E-state index in [9.17, 15) is 14.4 Å². The number of aryl methyl sites for hydroxylation is 2. The van der Waals surface area contributed by atoms with E-state index in [2.05, 4.69) is 4.98 Å². The number of aromatic nitrogens is 2. The number of nitrogen functional groups attached to an aromatic ring is 1. The SMILES string of the molecule is CCCCn1c(N)c(N(CC(C)C)C(=O)CCOc2cc(C)cc(C)c2)c(=O)[nH]c1=O. The molecule has 170 valence electrons. The minimum absolute atomic E-state index is 0.0198. The van der Waals surface area contributed by atoms with Crippen molar-refractivity contribution in [3.8, 4) is 5.75 Å². The second-order valence-corrected chi connectivity index (χ2v) is 8.32. The Morgan fingerprint density at radius 3 is 2.42 bits per heavy atom. The van der Waals surface area contributed by atoms with Gasteiger partial charge in [0.05, 0.1) is 13.0 Å². The van der Waals surface area contributed by atoms with Gasteiger partial charge in [0.2, 0.25) is 5.91 Å². The Hall–Kier alpha value is -3.03. The van der Waals surface area contributed by atoms with Gasteiger partial charge in [-0.2, -0.15) is 0 Å². The predicted octanol–water partition coefficient (Wildman–Crippen LogP) is 2.99. The minimum Gasteiger partial charge on any atom is -0.493 e. The Labute approximate surface area is 183 Å². The number of anilines is 2. The molecule has 1 aromatic heterocycles. The summed E-state index contributed by atoms with van der Waals surface area (Å²) in [6, 6.07) is 5.87. The number of amides is 1. The normalized spacial score (nSPS) is 11.0. The summed E-state index contributed by atoms with van der Waals surface area (Å²) < 4.78 is 7.09. The molecule has 0 aliphatic heterocycles. The summed E-state index contributed by atoms with van der Waals surface area (Å²) in [7, 11) is 0. The van der Waals surface area contributed by atoms with Gasteiger partial charge in [0.15, 0.2) is 5.69 Å². The Morgan fingerprint density at radius 1 is 1.19 bits per heavy atom. The zero-order valence-corrected chi connectivity index (χ0v) is 19.2. The molecule has 0 saturated heterocycles. The summed E-state index contributed by atoms with van der Waals surface area (Å²) in [4.78, 5) is 41.6. The van der Waals surface area contributed by atoms with Crippen molar-refractivity contribution in [3.05, 3.63) is 50.2 Å². The summed E-state index contributed by atoms with van der Waals surface area (Å²) in [6.45, 7) is 10.7. The molecule has 1 heterocycles. The average Bonchev–Trinajstić information content (AvgIpc) is 2.65. The van der Waals surface area contributed by atoms with E-state index in [1.54, 1.807) is 0 Å². The highest BCUT2D eigenvalue weighted by atomic mass is 16.5. The number of H-pyrrole nitrogens is 1. The third-order valence-electron chi connectivity index (χ3n) is 4.85. The first-order valence-corrected chi connectivity index (χ1v) is 10.8. The first-order valence-electron chi connectivity index (χ1n) is 10.8. The molecule has 31 heavy (non-hydrogen) atoms. The van der Waals surface area contributed by atoms with Crippen LogP contribution in [0, 0.1) is 19.8 Å². The maximum absolute atomic E-state index is 13.1. The van der Waals surface area contributed by atoms with Gasteiger partial charge in [-0.25, -0.2) is 4.79 Å². The van der Waals surface area contributed by atoms with E-state index in [1.807, 2.05) is 52.8 Å². The molecule has 2 rings (SSSR count). The van der Waals surface area contributed by atoms with Gasteiger partial charge >= 0.3 is 5.69 Å². The molecule has 2 aromatic rings. The highest BCUT2D eigenvalue weighted by Crippen LogP contribution is 2.20. The maximum atomic E-state index is 13.1. The van der Waals surface area contributed by atoms with Crippen LogP contribution >= 0.6 is 0 Å². The molecule has 0 bridgehead atoms. The van der Waals surface area contributed by atoms with Crippen LogP contribution in [0.15, 0.2) is 27.8 Å². The molecule has 0 aliphatic rings. The molecule has 1 aromatic carbocycles. The van der Waals surface area contributed by atoms with Gasteiger partial charge in [0.25, 0.3) is 5.56 Å². The van der Waals surface area contributed by atoms with Crippen molar-refractivity contribution in [2.45, 2.75) is 60.4 Å². The second-order valence-electron chi connectivity index (χ2n) is 8.32. The van der Waals surface area contributed by atoms with Crippen LogP contribution in [-0.2, 0) is 11.3 Å². The fourth-order valence-corrected chi connectivity index (χ4v) is 3.47. The Morgan fingerprint density at radius 2 is 1.84 bits per heavy atom. The fraction of sp³-hybridized carbons (Fsp3) is 0.522. The van der Waals surface area contributed by atoms with E-state index < -0.39 is 11.2 Å². The van der Waals surface area contributed by atoms with Gasteiger partial charge in [0, 0.05) is 13.1 Å². The summed E-state index contributed by atoms with van der Waals surface area (Å²) in [5.74, 6) is 0.535. The van der Waals surface area contributed by atoms with Crippen LogP contribution in [0.25, 0.3) is 0 Å². The van der Waals surface area contributed by atoms with Crippen LogP contribution in [0.5, 0.6) is 5.75 Å². The van der Waals surface area contributed by atoms with E-state index in [0.29, 0.717) is 18.8 Å². The van der Waals surface area contributed by atoms with Gasteiger partial charge in [-0.1, -0.05) is 33.3 Å². The number of nitrogens with two attached hydrogens (primary N) is 1. The first kappa shape index (κ1) is 24.2. The number of nitrogens with zero attached hydrogens (tertiary/aromatic N) is 2. The summed E-state index contributed by atoms with van der Waals surface area (Å²) >= 11 is 0. The Bertz CT molecular complexity index is 1000. The summed E-state index contributed by atoms with van der Waals surface area (Å²) in [5.41, 5.74) is 7.19. The number of nitrogens with one attached hydrogen (secondary N) is 1. The largest absolute Gasteiger partial charge is 0.493 e. The zero-order chi connectivity index (χ0) is 23.1. The lowest BCUT2D eigenvalue weighted by molar-refractivity contribution is -0.119. The van der Waals surface area contributed by atoms with Crippen molar-refractivity contribution in [3.63, 3.8) is 0 Å². The van der Waals surface area contributed by atoms with Crippen LogP contribution in [-0.4, -0.2) is 28.6 Å². The van der Waals surface area contributed by atoms with Crippen molar-refractivity contribution in [1.29, 1.82) is 0 Å². The lowest BCUT2D eigenvalue weighted by Crippen LogP contribution is -2.43. The molecule has 0 aliphatic carbocycles. The van der Waals surface area contributed by atoms with E-state index in [0.717, 1.165) is 24.0 Å². The van der Waals surface area contributed by atoms with Gasteiger partial charge in [-0.15, -0.1) is 0 Å². The number of rotatable bonds is 10. The third-order valence-corrected chi connectivity index (χ3v) is 4.85. The number of aromatic amines is 1. The van der Waals surface area contributed by atoms with Crippen LogP contribution in [0.1, 0.15) is 51.2 Å². The monoisotopic (exact) mass is 430 g/mol. The molecule has 3 N–H and O–H groups in total. The molecular weight excluding hydrogens is 396 g/mol. The minimum atomic E-state index is -0.653. The fourth-order valence-electron chi connectivity index (χ4n) is 3.47. The molecular formula is C23H34N4O4. The number of hydrogen-bond donors (Lipinski definition) is 2. The average molecular weight is 431 g/mol. The standard InChI is InChI=1S/C23H34N4O4/c1-6-7-9-26-21(24)20(22(29)25-23(26)30)27(14-15(2)3)19(28)8-10-31-18-12-16(4)11-17(5)13-18/h11-13,15H,6-10,14,24H2,1-5H3,(H,25,29,30). The number of carbonyl (C=O) groups excluding carboxylic acids is 1. The summed E-state index contributed by atoms with van der Waals surface area (Å²) in [6.07, 6.45) is 1.68. The van der Waals surface area contributed by atoms with Crippen molar-refractivity contribution in [2.24, 2.45) is 5.92 Å².